The Hall–Kier alpha value is -4.55. The van der Waals surface area contributed by atoms with Gasteiger partial charge >= 0.3 is 0 Å². The van der Waals surface area contributed by atoms with Crippen molar-refractivity contribution in [3.63, 3.8) is 0 Å². The second-order valence-electron chi connectivity index (χ2n) is 10.1. The molecule has 0 amide bonds. The highest BCUT2D eigenvalue weighted by molar-refractivity contribution is 5.94. The molecule has 5 rings (SSSR count). The molecule has 2 aromatic heterocycles. The number of nitrogens with zero attached hydrogens (tertiary/aromatic N) is 6. The van der Waals surface area contributed by atoms with Crippen LogP contribution in [0, 0.1) is 6.57 Å². The number of nitrogens with one attached hydrogen (secondary N) is 2. The molecule has 0 spiro atoms. The number of anilines is 3. The average molecular weight is 521 g/mol. The Kier molecular flexibility index (Phi) is 7.94. The first-order valence-corrected chi connectivity index (χ1v) is 13.2. The molecular formula is C30H32N8O. The number of H-pyrrole nitrogens is 1. The van der Waals surface area contributed by atoms with Crippen LogP contribution >= 0.6 is 0 Å². The van der Waals surface area contributed by atoms with Crippen LogP contribution in [0.1, 0.15) is 24.8 Å². The van der Waals surface area contributed by atoms with Crippen molar-refractivity contribution in [2.75, 3.05) is 43.9 Å². The summed E-state index contributed by atoms with van der Waals surface area (Å²) in [4.78, 5) is 30.1. The molecule has 1 aliphatic heterocycles. The van der Waals surface area contributed by atoms with E-state index in [1.54, 1.807) is 24.4 Å². The van der Waals surface area contributed by atoms with Crippen molar-refractivity contribution in [2.24, 2.45) is 0 Å². The zero-order valence-corrected chi connectivity index (χ0v) is 22.3. The van der Waals surface area contributed by atoms with Gasteiger partial charge in [-0.2, -0.15) is 10.1 Å². The summed E-state index contributed by atoms with van der Waals surface area (Å²) in [6.07, 6.45) is 9.04. The van der Waals surface area contributed by atoms with Gasteiger partial charge in [0.25, 0.3) is 0 Å². The van der Waals surface area contributed by atoms with Crippen LogP contribution in [0.4, 0.5) is 23.0 Å². The number of ketones is 1. The van der Waals surface area contributed by atoms with Crippen LogP contribution in [0.3, 0.4) is 0 Å². The van der Waals surface area contributed by atoms with E-state index in [-0.39, 0.29) is 12.2 Å². The molecule has 4 aromatic rings. The maximum atomic E-state index is 12.6. The Morgan fingerprint density at radius 2 is 2.00 bits per heavy atom. The Bertz CT molecular complexity index is 1540. The smallest absolute Gasteiger partial charge is 0.229 e. The Morgan fingerprint density at radius 3 is 2.79 bits per heavy atom. The lowest BCUT2D eigenvalue weighted by Crippen LogP contribution is -2.29. The number of fused-ring (bicyclic) bond motifs is 1. The lowest BCUT2D eigenvalue weighted by molar-refractivity contribution is -0.114. The summed E-state index contributed by atoms with van der Waals surface area (Å²) in [5.41, 5.74) is 5.26. The van der Waals surface area contributed by atoms with Crippen LogP contribution in [-0.4, -0.2) is 64.6 Å². The van der Waals surface area contributed by atoms with Crippen molar-refractivity contribution in [1.29, 1.82) is 0 Å². The highest BCUT2D eigenvalue weighted by atomic mass is 16.1. The third-order valence-electron chi connectivity index (χ3n) is 6.67. The molecule has 0 saturated carbocycles. The Labute approximate surface area is 228 Å². The Balaban J connectivity index is 1.45. The van der Waals surface area contributed by atoms with Crippen molar-refractivity contribution < 1.29 is 4.79 Å². The van der Waals surface area contributed by atoms with Crippen LogP contribution in [0.15, 0.2) is 60.8 Å². The van der Waals surface area contributed by atoms with Crippen molar-refractivity contribution >= 4 is 39.8 Å². The third kappa shape index (κ3) is 6.48. The number of allylic oxidation sites excluding steroid dienone is 1. The summed E-state index contributed by atoms with van der Waals surface area (Å²) < 4.78 is 0. The zero-order valence-electron chi connectivity index (χ0n) is 22.3. The van der Waals surface area contributed by atoms with Crippen molar-refractivity contribution in [2.45, 2.75) is 25.7 Å². The molecule has 1 aliphatic rings. The van der Waals surface area contributed by atoms with Gasteiger partial charge in [-0.25, -0.2) is 9.83 Å². The number of hydrogen-bond acceptors (Lipinski definition) is 7. The predicted octanol–water partition coefficient (Wildman–Crippen LogP) is 5.53. The van der Waals surface area contributed by atoms with Crippen LogP contribution in [0.2, 0.25) is 0 Å². The van der Waals surface area contributed by atoms with Crippen molar-refractivity contribution in [1.82, 2.24) is 25.1 Å². The van der Waals surface area contributed by atoms with E-state index in [9.17, 15) is 4.79 Å². The monoisotopic (exact) mass is 520 g/mol. The molecule has 0 atom stereocenters. The molecule has 1 saturated heterocycles. The van der Waals surface area contributed by atoms with Gasteiger partial charge < -0.3 is 15.1 Å². The van der Waals surface area contributed by atoms with Gasteiger partial charge in [0.2, 0.25) is 5.95 Å². The summed E-state index contributed by atoms with van der Waals surface area (Å²) in [5.74, 6) is 0.409. The Morgan fingerprint density at radius 1 is 1.15 bits per heavy atom. The molecule has 0 radical (unpaired) electrons. The van der Waals surface area contributed by atoms with Gasteiger partial charge in [-0.3, -0.25) is 9.89 Å². The minimum absolute atomic E-state index is 0.0166. The number of likely N-dealkylation sites (N-methyl/N-ethyl adjacent to an activating group) is 1. The fourth-order valence-corrected chi connectivity index (χ4v) is 4.80. The molecule has 9 nitrogen and oxygen atoms in total. The maximum absolute atomic E-state index is 12.6. The van der Waals surface area contributed by atoms with E-state index in [2.05, 4.69) is 42.4 Å². The van der Waals surface area contributed by atoms with E-state index in [4.69, 9.17) is 11.6 Å². The van der Waals surface area contributed by atoms with Crippen LogP contribution in [-0.2, 0) is 11.2 Å². The minimum atomic E-state index is -0.0166. The van der Waals surface area contributed by atoms with Gasteiger partial charge in [0.05, 0.1) is 23.8 Å². The highest BCUT2D eigenvalue weighted by Gasteiger charge is 2.15. The molecule has 2 aromatic carbocycles. The number of piperidine rings is 1. The largest absolute Gasteiger partial charge is 0.371 e. The number of hydrogen-bond donors (Lipinski definition) is 2. The average Bonchev–Trinajstić information content (AvgIpc) is 3.41. The van der Waals surface area contributed by atoms with E-state index in [1.807, 2.05) is 43.3 Å². The topological polar surface area (TPSA) is 94.4 Å². The van der Waals surface area contributed by atoms with E-state index < -0.39 is 0 Å². The molecule has 2 N–H and O–H groups in total. The maximum Gasteiger partial charge on any atom is 0.229 e. The first kappa shape index (κ1) is 26.1. The number of aromatic nitrogens is 4. The standard InChI is InChI=1S/C30H32N8O/c1-31-24-16-21(17-26(39)11-8-12-37(2)3)15-22(18-24)28-27-20-32-36-29(27)35-30(34-28)33-23-9-7-10-25(19-23)38-13-5-4-6-14-38/h7-11,15-16,18-20H,4-6,12-14,17H2,2-3H3,(H2,32,33,34,35,36)/b11-8+. The summed E-state index contributed by atoms with van der Waals surface area (Å²) in [5, 5.41) is 11.2. The zero-order chi connectivity index (χ0) is 27.2. The van der Waals surface area contributed by atoms with Gasteiger partial charge in [-0.05, 0) is 69.3 Å². The van der Waals surface area contributed by atoms with Crippen molar-refractivity contribution in [3.8, 4) is 11.3 Å². The van der Waals surface area contributed by atoms with E-state index >= 15 is 0 Å². The molecule has 0 bridgehead atoms. The lowest BCUT2D eigenvalue weighted by atomic mass is 10.0. The summed E-state index contributed by atoms with van der Waals surface area (Å²) in [6, 6.07) is 13.8. The third-order valence-corrected chi connectivity index (χ3v) is 6.67. The fraction of sp³-hybridized carbons (Fsp3) is 0.300. The first-order chi connectivity index (χ1) is 19.0. The van der Waals surface area contributed by atoms with Gasteiger partial charge in [-0.15, -0.1) is 0 Å². The van der Waals surface area contributed by atoms with Gasteiger partial charge in [0, 0.05) is 37.4 Å². The summed E-state index contributed by atoms with van der Waals surface area (Å²) >= 11 is 0. The van der Waals surface area contributed by atoms with E-state index in [1.165, 1.54) is 24.9 Å². The second-order valence-corrected chi connectivity index (χ2v) is 10.1. The summed E-state index contributed by atoms with van der Waals surface area (Å²) in [6.45, 7) is 10.4. The molecule has 1 fully saturated rings. The first-order valence-electron chi connectivity index (χ1n) is 13.2. The molecule has 39 heavy (non-hydrogen) atoms. The minimum Gasteiger partial charge on any atom is -0.371 e. The van der Waals surface area contributed by atoms with Crippen molar-refractivity contribution in [3.05, 3.63) is 77.8 Å². The normalized spacial score (nSPS) is 13.7. The van der Waals surface area contributed by atoms with Gasteiger partial charge in [0.1, 0.15) is 0 Å². The predicted molar refractivity (Wildman–Crippen MR) is 156 cm³/mol. The fourth-order valence-electron chi connectivity index (χ4n) is 4.80. The quantitative estimate of drug-likeness (QED) is 0.221. The number of benzene rings is 2. The molecule has 0 unspecified atom stereocenters. The number of rotatable bonds is 9. The van der Waals surface area contributed by atoms with Gasteiger partial charge in [0.15, 0.2) is 17.1 Å². The lowest BCUT2D eigenvalue weighted by Gasteiger charge is -2.29. The molecule has 0 aliphatic carbocycles. The SMILES string of the molecule is [C-]#[N+]c1cc(CC(=O)/C=C/CN(C)C)cc(-c2nc(Nc3cccc(N4CCCCC4)c3)nc3[nH]ncc23)c1. The van der Waals surface area contributed by atoms with Crippen LogP contribution in [0.5, 0.6) is 0 Å². The van der Waals surface area contributed by atoms with Crippen LogP contribution < -0.4 is 10.2 Å². The highest BCUT2D eigenvalue weighted by Crippen LogP contribution is 2.32. The number of carbonyl (C=O) groups excluding carboxylic acids is 1. The van der Waals surface area contributed by atoms with Gasteiger partial charge in [-0.1, -0.05) is 29.8 Å². The number of aromatic amines is 1. The number of carbonyl (C=O) groups is 1. The van der Waals surface area contributed by atoms with E-state index in [0.29, 0.717) is 29.5 Å². The molecule has 9 heteroatoms. The molecule has 3 heterocycles. The van der Waals surface area contributed by atoms with Crippen LogP contribution in [0.25, 0.3) is 27.1 Å². The molecular weight excluding hydrogens is 488 g/mol. The molecule has 198 valence electrons. The van der Waals surface area contributed by atoms with E-state index in [0.717, 1.165) is 35.3 Å². The second kappa shape index (κ2) is 11.9. The summed E-state index contributed by atoms with van der Waals surface area (Å²) in [7, 11) is 3.90.